The number of aromatic amines is 1. The van der Waals surface area contributed by atoms with E-state index in [9.17, 15) is 4.79 Å². The molecule has 3 rings (SSSR count). The van der Waals surface area contributed by atoms with E-state index in [-0.39, 0.29) is 5.82 Å². The van der Waals surface area contributed by atoms with E-state index in [1.807, 2.05) is 0 Å². The van der Waals surface area contributed by atoms with Gasteiger partial charge in [0.25, 0.3) is 5.24 Å². The molecule has 0 fully saturated rings. The third-order valence-electron chi connectivity index (χ3n) is 3.05. The highest BCUT2D eigenvalue weighted by Crippen LogP contribution is 2.33. The summed E-state index contributed by atoms with van der Waals surface area (Å²) in [5, 5.41) is 0.184. The summed E-state index contributed by atoms with van der Waals surface area (Å²) in [6.07, 6.45) is 3.30. The second kappa shape index (κ2) is 6.08. The minimum absolute atomic E-state index is 0.0644. The van der Waals surface area contributed by atoms with Crippen LogP contribution < -0.4 is 0 Å². The molecule has 0 saturated carbocycles. The molecule has 2 heterocycles. The second-order valence-corrected chi connectivity index (χ2v) is 5.61. The molecule has 3 aromatic rings. The molecule has 0 radical (unpaired) electrons. The molecule has 7 heteroatoms. The molecule has 0 bridgehead atoms. The topological polar surface area (TPSA) is 58.6 Å². The van der Waals surface area contributed by atoms with Gasteiger partial charge in [0, 0.05) is 23.5 Å². The van der Waals surface area contributed by atoms with Crippen LogP contribution in [-0.2, 0) is 0 Å². The van der Waals surface area contributed by atoms with Crippen molar-refractivity contribution >= 4 is 40.0 Å². The summed E-state index contributed by atoms with van der Waals surface area (Å²) in [6, 6.07) is 8.74. The van der Waals surface area contributed by atoms with E-state index in [2.05, 4.69) is 15.0 Å². The van der Waals surface area contributed by atoms with Crippen LogP contribution in [0.3, 0.4) is 0 Å². The maximum absolute atomic E-state index is 11.4. The van der Waals surface area contributed by atoms with E-state index in [1.54, 1.807) is 42.7 Å². The van der Waals surface area contributed by atoms with Crippen molar-refractivity contribution in [1.29, 1.82) is 0 Å². The lowest BCUT2D eigenvalue weighted by molar-refractivity contribution is 0.107. The molecule has 22 heavy (non-hydrogen) atoms. The van der Waals surface area contributed by atoms with Gasteiger partial charge in [-0.2, -0.15) is 0 Å². The Morgan fingerprint density at radius 3 is 2.36 bits per heavy atom. The normalized spacial score (nSPS) is 10.7. The lowest BCUT2D eigenvalue weighted by Gasteiger charge is -2.04. The minimum Gasteiger partial charge on any atom is -0.334 e. The summed E-state index contributed by atoms with van der Waals surface area (Å²) >= 11 is 17.5. The number of aromatic nitrogens is 3. The van der Waals surface area contributed by atoms with Crippen molar-refractivity contribution in [2.45, 2.75) is 0 Å². The van der Waals surface area contributed by atoms with Crippen LogP contribution in [0.15, 0.2) is 42.7 Å². The molecular weight excluding hydrogens is 345 g/mol. The standard InChI is InChI=1S/C15H8Cl3N3O/c16-10-2-1-9(7-11(10)17)13-12(8-3-5-19-6-4-8)20-15(21-13)14(18)22/h1-7H,(H,20,21). The third-order valence-corrected chi connectivity index (χ3v) is 3.97. The quantitative estimate of drug-likeness (QED) is 0.687. The van der Waals surface area contributed by atoms with Gasteiger partial charge < -0.3 is 4.98 Å². The maximum atomic E-state index is 11.4. The molecule has 0 aliphatic rings. The summed E-state index contributed by atoms with van der Waals surface area (Å²) in [4.78, 5) is 22.6. The number of carbonyl (C=O) groups excluding carboxylic acids is 1. The first-order chi connectivity index (χ1) is 10.6. The van der Waals surface area contributed by atoms with E-state index in [1.165, 1.54) is 0 Å². The first kappa shape index (κ1) is 15.0. The maximum Gasteiger partial charge on any atom is 0.287 e. The number of halogens is 3. The predicted molar refractivity (Wildman–Crippen MR) is 87.5 cm³/mol. The van der Waals surface area contributed by atoms with E-state index < -0.39 is 5.24 Å². The van der Waals surface area contributed by atoms with Gasteiger partial charge in [-0.3, -0.25) is 9.78 Å². The van der Waals surface area contributed by atoms with Crippen molar-refractivity contribution in [3.63, 3.8) is 0 Å². The Morgan fingerprint density at radius 1 is 1.00 bits per heavy atom. The smallest absolute Gasteiger partial charge is 0.287 e. The van der Waals surface area contributed by atoms with Crippen molar-refractivity contribution in [2.24, 2.45) is 0 Å². The van der Waals surface area contributed by atoms with Gasteiger partial charge in [0.1, 0.15) is 0 Å². The predicted octanol–water partition coefficient (Wildman–Crippen LogP) is 4.82. The summed E-state index contributed by atoms with van der Waals surface area (Å²) < 4.78 is 0. The third kappa shape index (κ3) is 2.86. The van der Waals surface area contributed by atoms with Crippen LogP contribution in [0.25, 0.3) is 22.5 Å². The number of nitrogens with zero attached hydrogens (tertiary/aromatic N) is 2. The number of imidazole rings is 1. The number of H-pyrrole nitrogens is 1. The van der Waals surface area contributed by atoms with Gasteiger partial charge in [0.15, 0.2) is 5.82 Å². The first-order valence-corrected chi connectivity index (χ1v) is 7.35. The van der Waals surface area contributed by atoms with Gasteiger partial charge in [-0.15, -0.1) is 0 Å². The minimum atomic E-state index is -0.665. The monoisotopic (exact) mass is 351 g/mol. The van der Waals surface area contributed by atoms with Crippen molar-refractivity contribution < 1.29 is 4.79 Å². The Kier molecular flexibility index (Phi) is 4.16. The summed E-state index contributed by atoms with van der Waals surface area (Å²) in [5.41, 5.74) is 2.77. The number of hydrogen-bond donors (Lipinski definition) is 1. The molecule has 0 unspecified atom stereocenters. The number of nitrogens with one attached hydrogen (secondary N) is 1. The Morgan fingerprint density at radius 2 is 1.73 bits per heavy atom. The summed E-state index contributed by atoms with van der Waals surface area (Å²) in [6.45, 7) is 0. The van der Waals surface area contributed by atoms with Crippen molar-refractivity contribution in [1.82, 2.24) is 15.0 Å². The fourth-order valence-electron chi connectivity index (χ4n) is 2.05. The van der Waals surface area contributed by atoms with Crippen LogP contribution in [-0.4, -0.2) is 20.2 Å². The summed E-state index contributed by atoms with van der Waals surface area (Å²) in [5.74, 6) is 0.0644. The molecule has 0 aliphatic carbocycles. The highest BCUT2D eigenvalue weighted by molar-refractivity contribution is 6.67. The highest BCUT2D eigenvalue weighted by Gasteiger charge is 2.17. The SMILES string of the molecule is O=C(Cl)c1nc(-c2ccc(Cl)c(Cl)c2)c(-c2ccncc2)[nH]1. The fraction of sp³-hybridized carbons (Fsp3) is 0. The van der Waals surface area contributed by atoms with Crippen molar-refractivity contribution in [3.8, 4) is 22.5 Å². The zero-order chi connectivity index (χ0) is 15.7. The number of pyridine rings is 1. The molecule has 4 nitrogen and oxygen atoms in total. The van der Waals surface area contributed by atoms with Crippen LogP contribution in [0.4, 0.5) is 0 Å². The van der Waals surface area contributed by atoms with Gasteiger partial charge in [0.2, 0.25) is 0 Å². The molecule has 0 amide bonds. The average Bonchev–Trinajstić information content (AvgIpc) is 2.96. The lowest BCUT2D eigenvalue weighted by atomic mass is 10.1. The van der Waals surface area contributed by atoms with Crippen LogP contribution in [0.5, 0.6) is 0 Å². The van der Waals surface area contributed by atoms with Crippen LogP contribution in [0.1, 0.15) is 10.6 Å². The van der Waals surface area contributed by atoms with Gasteiger partial charge in [-0.1, -0.05) is 29.3 Å². The van der Waals surface area contributed by atoms with E-state index in [4.69, 9.17) is 34.8 Å². The molecule has 0 spiro atoms. The van der Waals surface area contributed by atoms with Gasteiger partial charge in [0.05, 0.1) is 21.4 Å². The molecular formula is C15H8Cl3N3O. The lowest BCUT2D eigenvalue weighted by Crippen LogP contribution is -1.91. The van der Waals surface area contributed by atoms with Crippen molar-refractivity contribution in [3.05, 3.63) is 58.6 Å². The van der Waals surface area contributed by atoms with Crippen LogP contribution in [0.2, 0.25) is 10.0 Å². The summed E-state index contributed by atoms with van der Waals surface area (Å²) in [7, 11) is 0. The Balaban J connectivity index is 2.21. The molecule has 110 valence electrons. The molecule has 1 N–H and O–H groups in total. The number of rotatable bonds is 3. The molecule has 0 saturated heterocycles. The fourth-order valence-corrected chi connectivity index (χ4v) is 2.43. The molecule has 1 aromatic carbocycles. The van der Waals surface area contributed by atoms with Crippen LogP contribution >= 0.6 is 34.8 Å². The number of carbonyl (C=O) groups is 1. The zero-order valence-electron chi connectivity index (χ0n) is 11.0. The molecule has 2 aromatic heterocycles. The Hall–Kier alpha value is -1.88. The van der Waals surface area contributed by atoms with Gasteiger partial charge in [-0.25, -0.2) is 4.98 Å². The van der Waals surface area contributed by atoms with E-state index in [0.29, 0.717) is 21.4 Å². The van der Waals surface area contributed by atoms with Crippen LogP contribution in [0, 0.1) is 0 Å². The first-order valence-electron chi connectivity index (χ1n) is 6.22. The number of benzene rings is 1. The average molecular weight is 353 g/mol. The largest absolute Gasteiger partial charge is 0.334 e. The second-order valence-electron chi connectivity index (χ2n) is 4.45. The van der Waals surface area contributed by atoms with Crippen molar-refractivity contribution in [2.75, 3.05) is 0 Å². The van der Waals surface area contributed by atoms with Gasteiger partial charge >= 0.3 is 0 Å². The highest BCUT2D eigenvalue weighted by atomic mass is 35.5. The Labute approximate surface area is 141 Å². The molecule has 0 atom stereocenters. The number of hydrogen-bond acceptors (Lipinski definition) is 3. The van der Waals surface area contributed by atoms with E-state index >= 15 is 0 Å². The van der Waals surface area contributed by atoms with Gasteiger partial charge in [-0.05, 0) is 35.9 Å². The van der Waals surface area contributed by atoms with E-state index in [0.717, 1.165) is 11.1 Å². The Bertz CT molecular complexity index is 846. The molecule has 0 aliphatic heterocycles. The zero-order valence-corrected chi connectivity index (χ0v) is 13.2.